The van der Waals surface area contributed by atoms with Gasteiger partial charge in [0, 0.05) is 24.5 Å². The number of carbonyl (C=O) groups excluding carboxylic acids is 3. The molecular weight excluding hydrogens is 392 g/mol. The van der Waals surface area contributed by atoms with Crippen LogP contribution in [0.5, 0.6) is 0 Å². The maximum absolute atomic E-state index is 12.5. The van der Waals surface area contributed by atoms with Crippen LogP contribution in [0.2, 0.25) is 0 Å². The van der Waals surface area contributed by atoms with Gasteiger partial charge in [0.2, 0.25) is 0 Å². The van der Waals surface area contributed by atoms with Gasteiger partial charge in [0.05, 0.1) is 19.1 Å². The largest absolute Gasteiger partial charge is 0.461 e. The quantitative estimate of drug-likeness (QED) is 0.287. The zero-order chi connectivity index (χ0) is 22.3. The van der Waals surface area contributed by atoms with Crippen molar-refractivity contribution < 1.29 is 38.8 Å². The van der Waals surface area contributed by atoms with Crippen molar-refractivity contribution in [3.63, 3.8) is 0 Å². The molecule has 3 atom stereocenters. The van der Waals surface area contributed by atoms with Crippen molar-refractivity contribution >= 4 is 17.9 Å². The highest BCUT2D eigenvalue weighted by Gasteiger charge is 2.44. The summed E-state index contributed by atoms with van der Waals surface area (Å²) in [6.07, 6.45) is 4.66. The number of hydrogen-bond acceptors (Lipinski definition) is 8. The third kappa shape index (κ3) is 6.14. The Morgan fingerprint density at radius 1 is 1.30 bits per heavy atom. The molecule has 164 valence electrons. The molecule has 8 nitrogen and oxygen atoms in total. The minimum Gasteiger partial charge on any atom is -0.461 e. The number of carbonyl (C=O) groups is 3. The molecule has 1 fully saturated rings. The first kappa shape index (κ1) is 23.6. The van der Waals surface area contributed by atoms with Crippen molar-refractivity contribution in [2.24, 2.45) is 5.92 Å². The average Bonchev–Trinajstić information content (AvgIpc) is 2.97. The SMILES string of the molecule is C=C1C(=O)OC2C=C(COC(C)=O)CCC=C(CO)CC(OC(=O)C(C)=CCO)C12. The van der Waals surface area contributed by atoms with Gasteiger partial charge in [-0.1, -0.05) is 12.7 Å². The number of hydrogen-bond donors (Lipinski definition) is 2. The van der Waals surface area contributed by atoms with Gasteiger partial charge in [-0.3, -0.25) is 4.79 Å². The Labute approximate surface area is 175 Å². The number of rotatable bonds is 6. The average molecular weight is 420 g/mol. The molecule has 0 aromatic rings. The third-order valence-corrected chi connectivity index (χ3v) is 5.07. The number of ether oxygens (including phenoxy) is 3. The highest BCUT2D eigenvalue weighted by molar-refractivity contribution is 5.92. The van der Waals surface area contributed by atoms with Crippen LogP contribution in [0.15, 0.2) is 47.1 Å². The van der Waals surface area contributed by atoms with Crippen molar-refractivity contribution in [2.75, 3.05) is 19.8 Å². The summed E-state index contributed by atoms with van der Waals surface area (Å²) in [7, 11) is 0. The van der Waals surface area contributed by atoms with Crippen LogP contribution in [0.3, 0.4) is 0 Å². The Morgan fingerprint density at radius 3 is 2.67 bits per heavy atom. The first-order valence-electron chi connectivity index (χ1n) is 9.76. The van der Waals surface area contributed by atoms with Crippen LogP contribution in [0.25, 0.3) is 0 Å². The van der Waals surface area contributed by atoms with E-state index < -0.39 is 36.0 Å². The summed E-state index contributed by atoms with van der Waals surface area (Å²) in [6.45, 7) is 6.15. The van der Waals surface area contributed by atoms with Crippen LogP contribution in [-0.4, -0.2) is 60.1 Å². The van der Waals surface area contributed by atoms with E-state index in [2.05, 4.69) is 6.58 Å². The summed E-state index contributed by atoms with van der Waals surface area (Å²) < 4.78 is 16.2. The maximum atomic E-state index is 12.5. The molecule has 1 heterocycles. The van der Waals surface area contributed by atoms with Gasteiger partial charge in [0.1, 0.15) is 18.8 Å². The van der Waals surface area contributed by atoms with E-state index in [0.717, 1.165) is 5.57 Å². The second-order valence-electron chi connectivity index (χ2n) is 7.30. The minimum absolute atomic E-state index is 0.0493. The van der Waals surface area contributed by atoms with Gasteiger partial charge >= 0.3 is 17.9 Å². The van der Waals surface area contributed by atoms with Gasteiger partial charge < -0.3 is 24.4 Å². The molecule has 2 N–H and O–H groups in total. The zero-order valence-electron chi connectivity index (χ0n) is 17.3. The van der Waals surface area contributed by atoms with E-state index in [4.69, 9.17) is 19.3 Å². The van der Waals surface area contributed by atoms with Crippen LogP contribution in [-0.2, 0) is 28.6 Å². The van der Waals surface area contributed by atoms with Gasteiger partial charge in [-0.15, -0.1) is 0 Å². The van der Waals surface area contributed by atoms with Crippen LogP contribution in [0.4, 0.5) is 0 Å². The molecule has 1 aliphatic heterocycles. The lowest BCUT2D eigenvalue weighted by Crippen LogP contribution is -2.34. The highest BCUT2D eigenvalue weighted by Crippen LogP contribution is 2.36. The van der Waals surface area contributed by atoms with Gasteiger partial charge in [-0.2, -0.15) is 0 Å². The molecule has 2 aliphatic rings. The molecule has 8 heteroatoms. The van der Waals surface area contributed by atoms with E-state index in [1.54, 1.807) is 6.08 Å². The molecule has 0 aromatic carbocycles. The van der Waals surface area contributed by atoms with Gasteiger partial charge in [0.25, 0.3) is 0 Å². The first-order valence-corrected chi connectivity index (χ1v) is 9.76. The van der Waals surface area contributed by atoms with E-state index in [0.29, 0.717) is 18.4 Å². The molecule has 0 spiro atoms. The van der Waals surface area contributed by atoms with E-state index >= 15 is 0 Å². The lowest BCUT2D eigenvalue weighted by atomic mass is 9.85. The highest BCUT2D eigenvalue weighted by atomic mass is 16.6. The molecule has 1 saturated heterocycles. The maximum Gasteiger partial charge on any atom is 0.334 e. The van der Waals surface area contributed by atoms with Crippen molar-refractivity contribution in [2.45, 2.75) is 45.3 Å². The summed E-state index contributed by atoms with van der Waals surface area (Å²) in [6, 6.07) is 0. The Kier molecular flexibility index (Phi) is 8.56. The molecule has 0 saturated carbocycles. The summed E-state index contributed by atoms with van der Waals surface area (Å²) in [5, 5.41) is 18.8. The van der Waals surface area contributed by atoms with Gasteiger partial charge in [-0.05, 0) is 43.1 Å². The third-order valence-electron chi connectivity index (χ3n) is 5.07. The standard InChI is InChI=1S/C22H28O8/c1-13(7-8-23)21(26)29-18-9-16(11-24)5-4-6-17(12-28-15(3)25)10-19-20(18)14(2)22(27)30-19/h5,7,10,18-20,23-24H,2,4,6,8-9,11-12H2,1,3H3. The fourth-order valence-corrected chi connectivity index (χ4v) is 3.44. The van der Waals surface area contributed by atoms with Crippen molar-refractivity contribution in [3.05, 3.63) is 47.1 Å². The molecule has 0 aromatic heterocycles. The smallest absolute Gasteiger partial charge is 0.334 e. The Morgan fingerprint density at radius 2 is 2.03 bits per heavy atom. The molecule has 3 unspecified atom stereocenters. The van der Waals surface area contributed by atoms with Crippen molar-refractivity contribution in [1.82, 2.24) is 0 Å². The van der Waals surface area contributed by atoms with Crippen LogP contribution < -0.4 is 0 Å². The zero-order valence-corrected chi connectivity index (χ0v) is 17.3. The van der Waals surface area contributed by atoms with Crippen molar-refractivity contribution in [1.29, 1.82) is 0 Å². The Balaban J connectivity index is 2.41. The molecule has 0 bridgehead atoms. The molecule has 0 radical (unpaired) electrons. The van der Waals surface area contributed by atoms with E-state index in [1.165, 1.54) is 19.9 Å². The monoisotopic (exact) mass is 420 g/mol. The first-order chi connectivity index (χ1) is 14.3. The molecule has 30 heavy (non-hydrogen) atoms. The predicted octanol–water partition coefficient (Wildman–Crippen LogP) is 1.53. The normalized spacial score (nSPS) is 24.9. The predicted molar refractivity (Wildman–Crippen MR) is 107 cm³/mol. The summed E-state index contributed by atoms with van der Waals surface area (Å²) >= 11 is 0. The van der Waals surface area contributed by atoms with Crippen LogP contribution in [0, 0.1) is 5.92 Å². The summed E-state index contributed by atoms with van der Waals surface area (Å²) in [5.74, 6) is -2.32. The van der Waals surface area contributed by atoms with E-state index in [9.17, 15) is 19.5 Å². The number of esters is 3. The Bertz CT molecular complexity index is 789. The molecular formula is C22H28O8. The van der Waals surface area contributed by atoms with Crippen molar-refractivity contribution in [3.8, 4) is 0 Å². The number of aliphatic hydroxyl groups excluding tert-OH is 2. The summed E-state index contributed by atoms with van der Waals surface area (Å²) in [5.41, 5.74) is 1.79. The molecule has 1 aliphatic carbocycles. The van der Waals surface area contributed by atoms with E-state index in [-0.39, 0.29) is 37.4 Å². The second-order valence-corrected chi connectivity index (χ2v) is 7.30. The fourth-order valence-electron chi connectivity index (χ4n) is 3.44. The number of fused-ring (bicyclic) bond motifs is 1. The fraction of sp³-hybridized carbons (Fsp3) is 0.500. The lowest BCUT2D eigenvalue weighted by Gasteiger charge is -2.28. The number of allylic oxidation sites excluding steroid dienone is 1. The number of aliphatic hydroxyl groups is 2. The lowest BCUT2D eigenvalue weighted by molar-refractivity contribution is -0.147. The molecule has 0 amide bonds. The molecule has 2 rings (SSSR count). The van der Waals surface area contributed by atoms with Crippen LogP contribution in [0.1, 0.15) is 33.1 Å². The topological polar surface area (TPSA) is 119 Å². The van der Waals surface area contributed by atoms with Crippen LogP contribution >= 0.6 is 0 Å². The van der Waals surface area contributed by atoms with Gasteiger partial charge in [-0.25, -0.2) is 9.59 Å². The summed E-state index contributed by atoms with van der Waals surface area (Å²) in [4.78, 5) is 35.9. The minimum atomic E-state index is -0.814. The second kappa shape index (κ2) is 10.9. The van der Waals surface area contributed by atoms with Gasteiger partial charge in [0.15, 0.2) is 0 Å². The Hall–Kier alpha value is -2.71. The van der Waals surface area contributed by atoms with E-state index in [1.807, 2.05) is 6.08 Å².